The Morgan fingerprint density at radius 1 is 1.32 bits per heavy atom. The van der Waals surface area contributed by atoms with E-state index in [4.69, 9.17) is 9.72 Å². The molecule has 0 N–H and O–H groups in total. The van der Waals surface area contributed by atoms with Crippen LogP contribution in [0.4, 0.5) is 10.2 Å². The van der Waals surface area contributed by atoms with E-state index in [-0.39, 0.29) is 11.6 Å². The first-order chi connectivity index (χ1) is 14.9. The minimum absolute atomic E-state index is 0.183. The Balaban J connectivity index is 1.24. The molecule has 31 heavy (non-hydrogen) atoms. The smallest absolute Gasteiger partial charge is 0.415 e. The van der Waals surface area contributed by atoms with Crippen molar-refractivity contribution in [2.75, 3.05) is 6.54 Å². The quantitative estimate of drug-likeness (QED) is 0.450. The number of aromatic nitrogens is 3. The summed E-state index contributed by atoms with van der Waals surface area (Å²) < 4.78 is 21.1. The fourth-order valence-corrected chi connectivity index (χ4v) is 6.39. The molecule has 0 amide bonds. The zero-order valence-corrected chi connectivity index (χ0v) is 17.6. The molecule has 8 nitrogen and oxygen atoms in total. The van der Waals surface area contributed by atoms with Crippen molar-refractivity contribution in [2.24, 2.45) is 0 Å². The molecule has 0 aliphatic carbocycles. The molecule has 1 fully saturated rings. The Morgan fingerprint density at radius 2 is 2.13 bits per heavy atom. The van der Waals surface area contributed by atoms with E-state index < -0.39 is 10.5 Å². The zero-order chi connectivity index (χ0) is 21.3. The summed E-state index contributed by atoms with van der Waals surface area (Å²) >= 11 is 1.70. The largest absolute Gasteiger partial charge is 0.436 e. The molecule has 2 unspecified atom stereocenters. The number of imidazole rings is 1. The van der Waals surface area contributed by atoms with Crippen LogP contribution >= 0.6 is 11.3 Å². The summed E-state index contributed by atoms with van der Waals surface area (Å²) in [6, 6.07) is 7.52. The highest BCUT2D eigenvalue weighted by molar-refractivity contribution is 7.15. The van der Waals surface area contributed by atoms with Crippen LogP contribution in [0.15, 0.2) is 30.5 Å². The number of halogens is 1. The Labute approximate surface area is 181 Å². The van der Waals surface area contributed by atoms with Gasteiger partial charge in [0.15, 0.2) is 0 Å². The number of fused-ring (bicyclic) bond motifs is 5. The van der Waals surface area contributed by atoms with Crippen molar-refractivity contribution in [3.05, 3.63) is 57.0 Å². The molecule has 1 saturated heterocycles. The molecule has 3 aromatic rings. The minimum Gasteiger partial charge on any atom is -0.436 e. The lowest BCUT2D eigenvalue weighted by molar-refractivity contribution is -0.389. The molecular weight excluding hydrogens is 421 g/mol. The Bertz CT molecular complexity index is 1170. The average Bonchev–Trinajstić information content (AvgIpc) is 3.44. The van der Waals surface area contributed by atoms with Crippen molar-refractivity contribution in [2.45, 2.75) is 50.4 Å². The fourth-order valence-electron chi connectivity index (χ4n) is 5.14. The van der Waals surface area contributed by atoms with Crippen LogP contribution in [0.25, 0.3) is 10.6 Å². The predicted molar refractivity (Wildman–Crippen MR) is 112 cm³/mol. The first-order valence-corrected chi connectivity index (χ1v) is 11.1. The summed E-state index contributed by atoms with van der Waals surface area (Å²) in [6.07, 6.45) is 4.54. The van der Waals surface area contributed by atoms with Gasteiger partial charge in [-0.3, -0.25) is 9.47 Å². The number of ether oxygens (including phenoxy) is 1. The molecule has 10 heteroatoms. The maximum Gasteiger partial charge on any atom is 0.415 e. The molecule has 0 saturated carbocycles. The van der Waals surface area contributed by atoms with E-state index in [0.717, 1.165) is 42.1 Å². The molecular formula is C21H20FN5O3S. The second-order valence-electron chi connectivity index (χ2n) is 8.78. The highest BCUT2D eigenvalue weighted by atomic mass is 32.1. The van der Waals surface area contributed by atoms with Crippen LogP contribution in [0.3, 0.4) is 0 Å². The van der Waals surface area contributed by atoms with Gasteiger partial charge in [-0.05, 0) is 49.0 Å². The molecule has 1 aromatic carbocycles. The summed E-state index contributed by atoms with van der Waals surface area (Å²) in [4.78, 5) is 23.2. The minimum atomic E-state index is -0.499. The van der Waals surface area contributed by atoms with Crippen LogP contribution in [-0.4, -0.2) is 42.5 Å². The van der Waals surface area contributed by atoms with Crippen LogP contribution in [0.1, 0.15) is 36.4 Å². The van der Waals surface area contributed by atoms with E-state index in [2.05, 4.69) is 9.88 Å². The van der Waals surface area contributed by atoms with Gasteiger partial charge in [0.2, 0.25) is 0 Å². The summed E-state index contributed by atoms with van der Waals surface area (Å²) in [5, 5.41) is 11.9. The monoisotopic (exact) mass is 441 g/mol. The van der Waals surface area contributed by atoms with Gasteiger partial charge in [0, 0.05) is 40.5 Å². The van der Waals surface area contributed by atoms with Crippen molar-refractivity contribution < 1.29 is 14.1 Å². The lowest BCUT2D eigenvalue weighted by Crippen LogP contribution is -2.49. The molecule has 2 bridgehead atoms. The second-order valence-corrected chi connectivity index (χ2v) is 9.81. The van der Waals surface area contributed by atoms with Crippen molar-refractivity contribution in [1.82, 2.24) is 19.4 Å². The van der Waals surface area contributed by atoms with Gasteiger partial charge < -0.3 is 14.9 Å². The van der Waals surface area contributed by atoms with Crippen molar-refractivity contribution in [3.63, 3.8) is 0 Å². The first kappa shape index (κ1) is 18.9. The second kappa shape index (κ2) is 6.57. The van der Waals surface area contributed by atoms with Crippen molar-refractivity contribution >= 4 is 17.2 Å². The number of nitro groups is 1. The van der Waals surface area contributed by atoms with Gasteiger partial charge >= 0.3 is 11.8 Å². The van der Waals surface area contributed by atoms with Crippen LogP contribution in [0.5, 0.6) is 6.01 Å². The van der Waals surface area contributed by atoms with Crippen molar-refractivity contribution in [3.8, 4) is 16.6 Å². The van der Waals surface area contributed by atoms with Crippen LogP contribution in [0.2, 0.25) is 0 Å². The number of thiazole rings is 1. The third-order valence-electron chi connectivity index (χ3n) is 6.47. The summed E-state index contributed by atoms with van der Waals surface area (Å²) in [6.45, 7) is 3.30. The fraction of sp³-hybridized carbons (Fsp3) is 0.429. The maximum atomic E-state index is 13.3. The van der Waals surface area contributed by atoms with E-state index >= 15 is 0 Å². The molecule has 160 valence electrons. The van der Waals surface area contributed by atoms with Gasteiger partial charge in [-0.2, -0.15) is 0 Å². The molecule has 5 heterocycles. The van der Waals surface area contributed by atoms with Crippen molar-refractivity contribution in [1.29, 1.82) is 0 Å². The number of nitrogens with zero attached hydrogens (tertiary/aromatic N) is 5. The topological polar surface area (TPSA) is 86.3 Å². The molecule has 6 rings (SSSR count). The predicted octanol–water partition coefficient (Wildman–Crippen LogP) is 3.97. The number of rotatable bonds is 4. The van der Waals surface area contributed by atoms with E-state index in [0.29, 0.717) is 24.6 Å². The van der Waals surface area contributed by atoms with Gasteiger partial charge in [-0.1, -0.05) is 0 Å². The van der Waals surface area contributed by atoms with Gasteiger partial charge in [-0.15, -0.1) is 11.3 Å². The van der Waals surface area contributed by atoms with Crippen LogP contribution in [0, 0.1) is 15.9 Å². The third-order valence-corrected chi connectivity index (χ3v) is 7.71. The SMILES string of the molecule is C[C@]1(CN2C3CCC2c2sc(-c4ccc(F)cc4)nc2C3)Cn2cc([N+](=O)[O-])nc2O1. The molecule has 0 radical (unpaired) electrons. The van der Waals surface area contributed by atoms with E-state index in [1.54, 1.807) is 28.0 Å². The highest BCUT2D eigenvalue weighted by Crippen LogP contribution is 2.48. The highest BCUT2D eigenvalue weighted by Gasteiger charge is 2.48. The summed E-state index contributed by atoms with van der Waals surface area (Å²) in [5.74, 6) is -0.428. The van der Waals surface area contributed by atoms with Crippen LogP contribution in [-0.2, 0) is 13.0 Å². The van der Waals surface area contributed by atoms with Gasteiger partial charge in [-0.25, -0.2) is 9.37 Å². The maximum absolute atomic E-state index is 13.3. The standard InChI is InChI=1S/C21H20FN5O3S/c1-21(10-25-9-17(27(28)29)24-20(25)30-21)11-26-14-6-7-16(26)18-15(8-14)23-19(31-18)12-2-4-13(22)5-3-12/h2-5,9,14,16H,6-8,10-11H2,1H3/t14?,16?,21-/m1/s1. The van der Waals surface area contributed by atoms with Gasteiger partial charge in [0.05, 0.1) is 12.2 Å². The van der Waals surface area contributed by atoms with E-state index in [1.807, 2.05) is 6.92 Å². The normalized spacial score (nSPS) is 26.5. The van der Waals surface area contributed by atoms with Gasteiger partial charge in [0.1, 0.15) is 22.6 Å². The third kappa shape index (κ3) is 3.04. The summed E-state index contributed by atoms with van der Waals surface area (Å²) in [5.41, 5.74) is 1.62. The molecule has 2 aromatic heterocycles. The lowest BCUT2D eigenvalue weighted by Gasteiger charge is -2.38. The van der Waals surface area contributed by atoms with Crippen LogP contribution < -0.4 is 4.74 Å². The Kier molecular flexibility index (Phi) is 4.00. The van der Waals surface area contributed by atoms with E-state index in [1.165, 1.54) is 23.2 Å². The summed E-state index contributed by atoms with van der Waals surface area (Å²) in [7, 11) is 0. The molecule has 3 atom stereocenters. The molecule has 3 aliphatic heterocycles. The lowest BCUT2D eigenvalue weighted by atomic mass is 10.00. The number of hydrogen-bond acceptors (Lipinski definition) is 7. The molecule has 3 aliphatic rings. The number of hydrogen-bond donors (Lipinski definition) is 0. The first-order valence-electron chi connectivity index (χ1n) is 10.3. The number of benzene rings is 1. The average molecular weight is 441 g/mol. The van der Waals surface area contributed by atoms with Gasteiger partial charge in [0.25, 0.3) is 0 Å². The Hall–Kier alpha value is -2.85. The van der Waals surface area contributed by atoms with E-state index in [9.17, 15) is 14.5 Å². The molecule has 0 spiro atoms. The Morgan fingerprint density at radius 3 is 2.87 bits per heavy atom. The zero-order valence-electron chi connectivity index (χ0n) is 16.8.